The van der Waals surface area contributed by atoms with Gasteiger partial charge in [0.2, 0.25) is 0 Å². The first-order chi connectivity index (χ1) is 18.2. The molecule has 0 unspecified atom stereocenters. The van der Waals surface area contributed by atoms with Crippen molar-refractivity contribution in [3.63, 3.8) is 0 Å². The van der Waals surface area contributed by atoms with Crippen LogP contribution in [0.15, 0.2) is 77.2 Å². The van der Waals surface area contributed by atoms with Gasteiger partial charge >= 0.3 is 103 Å². The molecule has 0 aliphatic rings. The Kier molecular flexibility index (Phi) is 18.0. The van der Waals surface area contributed by atoms with E-state index in [1.165, 1.54) is 36.4 Å². The van der Waals surface area contributed by atoms with E-state index >= 15 is 0 Å². The first kappa shape index (κ1) is 36.2. The molecule has 198 valence electrons. The molecule has 5 aromatic rings. The molecule has 39 heavy (non-hydrogen) atoms. The number of aromatic hydroxyl groups is 3. The van der Waals surface area contributed by atoms with Crippen molar-refractivity contribution in [3.8, 4) is 28.4 Å². The Balaban J connectivity index is -0.000000551. The Labute approximate surface area is 321 Å². The molecule has 0 aliphatic heterocycles. The largest absolute Gasteiger partial charge is 1.00 e. The van der Waals surface area contributed by atoms with Crippen molar-refractivity contribution in [1.29, 1.82) is 0 Å². The number of benzene rings is 4. The second kappa shape index (κ2) is 19.4. The SMILES string of the molecule is O=CO[O-].Oc1cccc(-c2c(F)cccc2Cl)c1O.Oc1cccc2c1oc1cccc(Cl)c12.[2HH].[2H]CF.[H-].[K+].[K+]. The topological polar surface area (TPSA) is 123 Å². The molecule has 0 saturated carbocycles. The molecule has 0 aliphatic carbocycles. The maximum atomic E-state index is 13.6. The Morgan fingerprint density at radius 3 is 2.13 bits per heavy atom. The van der Waals surface area contributed by atoms with Gasteiger partial charge in [-0.1, -0.05) is 59.6 Å². The molecule has 0 fully saturated rings. The summed E-state index contributed by atoms with van der Waals surface area (Å²) in [6, 6.07) is 19.3. The smallest absolute Gasteiger partial charge is 1.00 e. The van der Waals surface area contributed by atoms with Crippen molar-refractivity contribution in [2.24, 2.45) is 0 Å². The zero-order chi connectivity index (χ0) is 28.2. The molecule has 5 rings (SSSR count). The summed E-state index contributed by atoms with van der Waals surface area (Å²) in [5.74, 6) is -1.10. The van der Waals surface area contributed by atoms with Gasteiger partial charge in [-0.15, -0.1) is 0 Å². The Bertz CT molecular complexity index is 1510. The summed E-state index contributed by atoms with van der Waals surface area (Å²) in [6.07, 6.45) is 0. The van der Waals surface area contributed by atoms with Crippen molar-refractivity contribution in [3.05, 3.63) is 88.7 Å². The van der Waals surface area contributed by atoms with Crippen LogP contribution in [0, 0.1) is 5.82 Å². The zero-order valence-electron chi connectivity index (χ0n) is 22.7. The number of carbonyl (C=O) groups excluding carboxylic acids is 1. The van der Waals surface area contributed by atoms with Gasteiger partial charge in [-0.2, -0.15) is 0 Å². The van der Waals surface area contributed by atoms with E-state index in [1.807, 2.05) is 24.3 Å². The number of phenols is 3. The molecular formula is C26H22Cl2F2K2O7. The van der Waals surface area contributed by atoms with Gasteiger partial charge in [0.1, 0.15) is 11.4 Å². The molecule has 0 atom stereocenters. The third-order valence-corrected chi connectivity index (χ3v) is 5.37. The average Bonchev–Trinajstić information content (AvgIpc) is 3.29. The maximum Gasteiger partial charge on any atom is 1.00 e. The molecule has 0 amide bonds. The number of hydrogen-bond acceptors (Lipinski definition) is 7. The maximum absolute atomic E-state index is 13.6. The van der Waals surface area contributed by atoms with Gasteiger partial charge in [0.25, 0.3) is 6.47 Å². The molecule has 4 aromatic carbocycles. The molecular weight excluding hydrogens is 611 g/mol. The summed E-state index contributed by atoms with van der Waals surface area (Å²) >= 11 is 11.9. The second-order valence-corrected chi connectivity index (χ2v) is 7.65. The van der Waals surface area contributed by atoms with E-state index in [4.69, 9.17) is 39.0 Å². The van der Waals surface area contributed by atoms with Crippen LogP contribution < -0.4 is 108 Å². The van der Waals surface area contributed by atoms with Crippen LogP contribution in [0.4, 0.5) is 8.78 Å². The van der Waals surface area contributed by atoms with E-state index in [0.717, 1.165) is 10.8 Å². The van der Waals surface area contributed by atoms with Crippen LogP contribution in [0.25, 0.3) is 33.1 Å². The summed E-state index contributed by atoms with van der Waals surface area (Å²) in [7, 11) is -1.00. The normalized spacial score (nSPS) is 9.62. The number of hydrogen-bond donors (Lipinski definition) is 3. The van der Waals surface area contributed by atoms with E-state index in [-0.39, 0.29) is 145 Å². The molecule has 0 bridgehead atoms. The van der Waals surface area contributed by atoms with Gasteiger partial charge < -0.3 is 31.3 Å². The molecule has 0 spiro atoms. The summed E-state index contributed by atoms with van der Waals surface area (Å²) in [5.41, 5.74) is 1.43. The predicted molar refractivity (Wildman–Crippen MR) is 138 cm³/mol. The number of fused-ring (bicyclic) bond motifs is 3. The van der Waals surface area contributed by atoms with Gasteiger partial charge in [-0.3, -0.25) is 9.18 Å². The van der Waals surface area contributed by atoms with Crippen LogP contribution in [-0.2, 0) is 9.68 Å². The zero-order valence-corrected chi connectivity index (χ0v) is 28.5. The first-order valence-corrected chi connectivity index (χ1v) is 10.8. The second-order valence-electron chi connectivity index (χ2n) is 6.83. The number of phenolic OH excluding ortho intramolecular Hbond substituents is 3. The summed E-state index contributed by atoms with van der Waals surface area (Å²) in [6.45, 7) is -0.181. The minimum Gasteiger partial charge on any atom is -1.00 e. The van der Waals surface area contributed by atoms with Gasteiger partial charge in [-0.25, -0.2) is 4.39 Å². The van der Waals surface area contributed by atoms with Crippen molar-refractivity contribution in [2.45, 2.75) is 0 Å². The van der Waals surface area contributed by atoms with E-state index in [9.17, 15) is 24.1 Å². The molecule has 3 N–H and O–H groups in total. The summed E-state index contributed by atoms with van der Waals surface area (Å²) in [4.78, 5) is 11.2. The number of halogens is 4. The van der Waals surface area contributed by atoms with Crippen LogP contribution in [-0.4, -0.2) is 28.9 Å². The molecule has 1 heterocycles. The van der Waals surface area contributed by atoms with E-state index in [2.05, 4.69) is 4.89 Å². The molecule has 0 saturated heterocycles. The Hall–Kier alpha value is -0.777. The van der Waals surface area contributed by atoms with Crippen LogP contribution in [0.1, 0.15) is 4.22 Å². The van der Waals surface area contributed by atoms with Gasteiger partial charge in [0.05, 0.1) is 18.6 Å². The predicted octanol–water partition coefficient (Wildman–Crippen LogP) is 0.889. The van der Waals surface area contributed by atoms with Crippen molar-refractivity contribution in [2.75, 3.05) is 7.15 Å². The number of rotatable bonds is 2. The van der Waals surface area contributed by atoms with E-state index in [0.29, 0.717) is 16.2 Å². The third kappa shape index (κ3) is 9.92. The van der Waals surface area contributed by atoms with Crippen molar-refractivity contribution >= 4 is 51.6 Å². The molecule has 13 heteroatoms. The van der Waals surface area contributed by atoms with Gasteiger partial charge in [-0.05, 0) is 36.4 Å². The number of furan rings is 1. The van der Waals surface area contributed by atoms with Crippen LogP contribution in [0.2, 0.25) is 10.0 Å². The van der Waals surface area contributed by atoms with Crippen LogP contribution in [0.5, 0.6) is 17.2 Å². The average molecular weight is 636 g/mol. The fourth-order valence-corrected chi connectivity index (χ4v) is 3.81. The van der Waals surface area contributed by atoms with Crippen LogP contribution in [0.3, 0.4) is 0 Å². The van der Waals surface area contributed by atoms with Gasteiger partial charge in [0, 0.05) is 23.3 Å². The van der Waals surface area contributed by atoms with Crippen molar-refractivity contribution in [1.82, 2.24) is 0 Å². The Morgan fingerprint density at radius 1 is 0.974 bits per heavy atom. The third-order valence-electron chi connectivity index (χ3n) is 4.74. The number of alkyl halides is 1. The first-order valence-electron chi connectivity index (χ1n) is 10.7. The molecule has 0 radical (unpaired) electrons. The summed E-state index contributed by atoms with van der Waals surface area (Å²) < 4.78 is 34.6. The Morgan fingerprint density at radius 2 is 1.51 bits per heavy atom. The van der Waals surface area contributed by atoms with E-state index < -0.39 is 13.0 Å². The summed E-state index contributed by atoms with van der Waals surface area (Å²) in [5, 5.41) is 39.5. The minimum absolute atomic E-state index is 0. The van der Waals surface area contributed by atoms with Crippen molar-refractivity contribution < 1.29 is 150 Å². The quantitative estimate of drug-likeness (QED) is 0.0866. The minimum atomic E-state index is -1.00. The fourth-order valence-electron chi connectivity index (χ4n) is 3.28. The number of carbonyl (C=O) groups is 1. The number of para-hydroxylation sites is 2. The van der Waals surface area contributed by atoms with Gasteiger partial charge in [0.15, 0.2) is 22.8 Å². The molecule has 1 aromatic heterocycles. The van der Waals surface area contributed by atoms with E-state index in [1.54, 1.807) is 12.1 Å². The standard InChI is InChI=1S/C12H8ClFO2.C12H7ClO2.CH3F.CH2O3.2K.H2.H/c13-8-4-2-5-9(14)11(8)7-3-1-6-10(15)12(7)16;13-8-4-2-6-10-11(8)7-3-1-5-9(14)12(7)15-10;1-2;2-1-4-3;;;;/h1-6,15-16H;1-6,14H;1H3;1,3H;;;1H;/q;;;;2*+1;;-1/p-1/i;;1D;;;;1+1;. The van der Waals surface area contributed by atoms with Crippen LogP contribution >= 0.6 is 23.2 Å². The molecule has 7 nitrogen and oxygen atoms in total. The fraction of sp³-hybridized carbons (Fsp3) is 0.0385. The monoisotopic (exact) mass is 634 g/mol.